The number of hydrogen-bond donors (Lipinski definition) is 2. The molecule has 0 bridgehead atoms. The van der Waals surface area contributed by atoms with Gasteiger partial charge in [-0.05, 0) is 31.0 Å². The van der Waals surface area contributed by atoms with Crippen LogP contribution < -0.4 is 20.7 Å². The van der Waals surface area contributed by atoms with E-state index in [1.165, 1.54) is 10.7 Å². The Balaban J connectivity index is 1.58. The minimum absolute atomic E-state index is 0.192. The molecule has 3 aromatic rings. The van der Waals surface area contributed by atoms with Crippen LogP contribution in [0.5, 0.6) is 5.88 Å². The van der Waals surface area contributed by atoms with E-state index in [1.807, 2.05) is 18.2 Å². The van der Waals surface area contributed by atoms with Gasteiger partial charge >= 0.3 is 6.09 Å². The number of carbonyl (C=O) groups is 1. The molecule has 152 valence electrons. The van der Waals surface area contributed by atoms with E-state index in [-0.39, 0.29) is 5.88 Å². The Kier molecular flexibility index (Phi) is 5.17. The molecule has 1 aliphatic rings. The molecular weight excluding hydrogens is 384 g/mol. The predicted molar refractivity (Wildman–Crippen MR) is 110 cm³/mol. The summed E-state index contributed by atoms with van der Waals surface area (Å²) in [7, 11) is 1.62. The zero-order valence-electron chi connectivity index (χ0n) is 16.4. The molecule has 30 heavy (non-hydrogen) atoms. The predicted octanol–water partition coefficient (Wildman–Crippen LogP) is 2.55. The summed E-state index contributed by atoms with van der Waals surface area (Å²) in [5.74, 6) is 0.906. The van der Waals surface area contributed by atoms with Crippen LogP contribution in [0.25, 0.3) is 11.3 Å². The Hall–Kier alpha value is -4.13. The number of amides is 1. The van der Waals surface area contributed by atoms with E-state index >= 15 is 0 Å². The van der Waals surface area contributed by atoms with Gasteiger partial charge in [0.25, 0.3) is 0 Å². The number of carbonyl (C=O) groups excluding carboxylic acids is 1. The number of aryl methyl sites for hydroxylation is 1. The van der Waals surface area contributed by atoms with Crippen molar-refractivity contribution in [2.24, 2.45) is 12.8 Å². The third-order valence-corrected chi connectivity index (χ3v) is 4.80. The van der Waals surface area contributed by atoms with Crippen molar-refractivity contribution in [3.8, 4) is 23.2 Å². The van der Waals surface area contributed by atoms with E-state index < -0.39 is 6.09 Å². The van der Waals surface area contributed by atoms with Gasteiger partial charge in [0.1, 0.15) is 6.07 Å². The van der Waals surface area contributed by atoms with Gasteiger partial charge in [-0.25, -0.2) is 19.4 Å². The number of aromatic nitrogens is 4. The van der Waals surface area contributed by atoms with Crippen molar-refractivity contribution in [2.45, 2.75) is 12.8 Å². The van der Waals surface area contributed by atoms with Gasteiger partial charge in [0.2, 0.25) is 11.8 Å². The Morgan fingerprint density at radius 3 is 2.80 bits per heavy atom. The molecule has 0 aliphatic carbocycles. The standard InChI is InChI=1S/C20H20N8O2/c1-27-18(30-19(22)29)11-17(26-27)25-20-23-7-6-15(24-20)13-4-5-16(14(10-13)12-21)28-8-2-3-9-28/h4-7,10-11H,2-3,8-9H2,1H3,(H2,22,29)(H,23,24,25,26). The lowest BCUT2D eigenvalue weighted by molar-refractivity contribution is 0.206. The van der Waals surface area contributed by atoms with Crippen LogP contribution in [0.15, 0.2) is 36.5 Å². The maximum atomic E-state index is 10.9. The van der Waals surface area contributed by atoms with Crippen LogP contribution in [0.1, 0.15) is 18.4 Å². The average Bonchev–Trinajstić information content (AvgIpc) is 3.38. The van der Waals surface area contributed by atoms with Crippen molar-refractivity contribution in [3.05, 3.63) is 42.1 Å². The summed E-state index contributed by atoms with van der Waals surface area (Å²) in [6.07, 6.45) is 2.99. The van der Waals surface area contributed by atoms with Crippen LogP contribution in [-0.4, -0.2) is 38.9 Å². The van der Waals surface area contributed by atoms with E-state index in [2.05, 4.69) is 31.4 Å². The van der Waals surface area contributed by atoms with Crippen LogP contribution >= 0.6 is 0 Å². The number of nitrogens with two attached hydrogens (primary N) is 1. The second kappa shape index (κ2) is 8.08. The first-order chi connectivity index (χ1) is 14.5. The molecule has 0 unspecified atom stereocenters. The summed E-state index contributed by atoms with van der Waals surface area (Å²) in [5.41, 5.74) is 8.11. The summed E-state index contributed by atoms with van der Waals surface area (Å²) >= 11 is 0. The summed E-state index contributed by atoms with van der Waals surface area (Å²) in [6.45, 7) is 1.95. The van der Waals surface area contributed by atoms with Gasteiger partial charge in [0.15, 0.2) is 5.82 Å². The molecule has 3 N–H and O–H groups in total. The minimum atomic E-state index is -0.923. The largest absolute Gasteiger partial charge is 0.411 e. The Labute approximate surface area is 172 Å². The highest BCUT2D eigenvalue weighted by molar-refractivity contribution is 5.71. The molecule has 1 aromatic carbocycles. The molecule has 0 atom stereocenters. The van der Waals surface area contributed by atoms with E-state index in [4.69, 9.17) is 10.5 Å². The number of ether oxygens (including phenoxy) is 1. The van der Waals surface area contributed by atoms with Crippen LogP contribution in [0.3, 0.4) is 0 Å². The Morgan fingerprint density at radius 2 is 2.07 bits per heavy atom. The van der Waals surface area contributed by atoms with Crippen molar-refractivity contribution in [1.29, 1.82) is 5.26 Å². The van der Waals surface area contributed by atoms with E-state index in [9.17, 15) is 10.1 Å². The van der Waals surface area contributed by atoms with Crippen molar-refractivity contribution in [3.63, 3.8) is 0 Å². The number of anilines is 3. The number of benzene rings is 1. The normalized spacial score (nSPS) is 13.1. The molecule has 0 saturated carbocycles. The fourth-order valence-corrected chi connectivity index (χ4v) is 3.42. The fourth-order valence-electron chi connectivity index (χ4n) is 3.42. The van der Waals surface area contributed by atoms with Gasteiger partial charge in [-0.15, -0.1) is 0 Å². The zero-order valence-corrected chi connectivity index (χ0v) is 16.4. The molecule has 4 rings (SSSR count). The molecule has 10 nitrogen and oxygen atoms in total. The maximum absolute atomic E-state index is 10.9. The second-order valence-corrected chi connectivity index (χ2v) is 6.84. The Morgan fingerprint density at radius 1 is 1.27 bits per heavy atom. The average molecular weight is 404 g/mol. The summed E-state index contributed by atoms with van der Waals surface area (Å²) in [4.78, 5) is 21.9. The van der Waals surface area contributed by atoms with Gasteiger partial charge in [0, 0.05) is 38.0 Å². The summed E-state index contributed by atoms with van der Waals surface area (Å²) in [6, 6.07) is 11.4. The lowest BCUT2D eigenvalue weighted by atomic mass is 10.1. The highest BCUT2D eigenvalue weighted by atomic mass is 16.6. The highest BCUT2D eigenvalue weighted by Crippen LogP contribution is 2.29. The number of hydrogen-bond acceptors (Lipinski definition) is 8. The van der Waals surface area contributed by atoms with Crippen LogP contribution in [-0.2, 0) is 7.05 Å². The van der Waals surface area contributed by atoms with Crippen LogP contribution in [0.4, 0.5) is 22.2 Å². The van der Waals surface area contributed by atoms with Gasteiger partial charge in [-0.1, -0.05) is 6.07 Å². The molecule has 3 heterocycles. The van der Waals surface area contributed by atoms with Crippen molar-refractivity contribution >= 4 is 23.5 Å². The molecule has 1 amide bonds. The molecule has 1 fully saturated rings. The zero-order chi connectivity index (χ0) is 21.1. The number of rotatable bonds is 5. The first-order valence-electron chi connectivity index (χ1n) is 9.44. The lowest BCUT2D eigenvalue weighted by Gasteiger charge is -2.19. The molecule has 1 aliphatic heterocycles. The molecule has 0 radical (unpaired) electrons. The molecular formula is C20H20N8O2. The minimum Gasteiger partial charge on any atom is -0.392 e. The van der Waals surface area contributed by atoms with Gasteiger partial charge in [-0.2, -0.15) is 10.4 Å². The first kappa shape index (κ1) is 19.2. The number of primary amides is 1. The maximum Gasteiger partial charge on any atom is 0.411 e. The highest BCUT2D eigenvalue weighted by Gasteiger charge is 2.17. The molecule has 2 aromatic heterocycles. The quantitative estimate of drug-likeness (QED) is 0.662. The van der Waals surface area contributed by atoms with Crippen molar-refractivity contribution < 1.29 is 9.53 Å². The first-order valence-corrected chi connectivity index (χ1v) is 9.44. The third-order valence-electron chi connectivity index (χ3n) is 4.80. The summed E-state index contributed by atoms with van der Waals surface area (Å²) < 4.78 is 6.23. The van der Waals surface area contributed by atoms with Crippen molar-refractivity contribution in [1.82, 2.24) is 19.7 Å². The summed E-state index contributed by atoms with van der Waals surface area (Å²) in [5, 5.41) is 16.8. The van der Waals surface area contributed by atoms with Crippen molar-refractivity contribution in [2.75, 3.05) is 23.3 Å². The van der Waals surface area contributed by atoms with Gasteiger partial charge < -0.3 is 20.7 Å². The smallest absolute Gasteiger partial charge is 0.392 e. The number of nitrogens with one attached hydrogen (secondary N) is 1. The van der Waals surface area contributed by atoms with Gasteiger partial charge in [0.05, 0.1) is 16.9 Å². The SMILES string of the molecule is Cn1nc(Nc2nccc(-c3ccc(N4CCCC4)c(C#N)c3)n2)cc1OC(N)=O. The number of nitrogens with zero attached hydrogens (tertiary/aromatic N) is 6. The Bertz CT molecular complexity index is 1130. The number of nitriles is 1. The van der Waals surface area contributed by atoms with E-state index in [0.717, 1.165) is 37.2 Å². The lowest BCUT2D eigenvalue weighted by Crippen LogP contribution is -2.18. The third kappa shape index (κ3) is 4.00. The van der Waals surface area contributed by atoms with Crippen LogP contribution in [0.2, 0.25) is 0 Å². The topological polar surface area (TPSA) is 135 Å². The van der Waals surface area contributed by atoms with Crippen LogP contribution in [0, 0.1) is 11.3 Å². The molecule has 0 spiro atoms. The van der Waals surface area contributed by atoms with E-state index in [0.29, 0.717) is 23.0 Å². The fraction of sp³-hybridized carbons (Fsp3) is 0.250. The molecule has 1 saturated heterocycles. The van der Waals surface area contributed by atoms with E-state index in [1.54, 1.807) is 19.3 Å². The van der Waals surface area contributed by atoms with Gasteiger partial charge in [-0.3, -0.25) is 0 Å². The monoisotopic (exact) mass is 404 g/mol. The second-order valence-electron chi connectivity index (χ2n) is 6.84. The molecule has 10 heteroatoms.